The van der Waals surface area contributed by atoms with Gasteiger partial charge in [0.25, 0.3) is 5.91 Å². The molecule has 2 aromatic heterocycles. The molecule has 9 heteroatoms. The predicted octanol–water partition coefficient (Wildman–Crippen LogP) is 2.11. The van der Waals surface area contributed by atoms with Crippen molar-refractivity contribution < 1.29 is 18.0 Å². The average molecular weight is 302 g/mol. The largest absolute Gasteiger partial charge is 0.435 e. The van der Waals surface area contributed by atoms with Crippen molar-refractivity contribution in [1.29, 1.82) is 0 Å². The molecule has 0 unspecified atom stereocenters. The summed E-state index contributed by atoms with van der Waals surface area (Å²) in [6.07, 6.45) is -1.97. The maximum atomic E-state index is 12.3. The summed E-state index contributed by atoms with van der Waals surface area (Å²) in [5.41, 5.74) is 1.18. The standard InChI is InChI=1S/C11H9F3N4OS/c12-11(13,14)9-3-4-18(17-9)7-10(19)16-15-6-8-2-1-5-20-8/h1-6H,7H2,(H,16,19)/b15-6-. The van der Waals surface area contributed by atoms with Gasteiger partial charge in [-0.05, 0) is 17.5 Å². The van der Waals surface area contributed by atoms with Crippen molar-refractivity contribution in [1.82, 2.24) is 15.2 Å². The molecule has 0 aliphatic heterocycles. The molecular formula is C11H9F3N4OS. The lowest BCUT2D eigenvalue weighted by Gasteiger charge is -2.02. The first-order valence-corrected chi connectivity index (χ1v) is 6.29. The Balaban J connectivity index is 1.87. The second-order valence-corrected chi connectivity index (χ2v) is 4.68. The third kappa shape index (κ3) is 3.92. The van der Waals surface area contributed by atoms with Crippen LogP contribution in [-0.2, 0) is 17.5 Å². The molecule has 2 heterocycles. The first-order valence-electron chi connectivity index (χ1n) is 5.41. The van der Waals surface area contributed by atoms with E-state index in [1.807, 2.05) is 17.5 Å². The lowest BCUT2D eigenvalue weighted by atomic mass is 10.4. The molecule has 0 radical (unpaired) electrons. The fraction of sp³-hybridized carbons (Fsp3) is 0.182. The highest BCUT2D eigenvalue weighted by Crippen LogP contribution is 2.27. The number of alkyl halides is 3. The number of halogens is 3. The summed E-state index contributed by atoms with van der Waals surface area (Å²) in [5, 5.41) is 8.80. The van der Waals surface area contributed by atoms with Crippen molar-refractivity contribution in [3.05, 3.63) is 40.3 Å². The molecule has 0 fully saturated rings. The van der Waals surface area contributed by atoms with Gasteiger partial charge in [-0.2, -0.15) is 23.4 Å². The van der Waals surface area contributed by atoms with Crippen molar-refractivity contribution in [3.8, 4) is 0 Å². The fourth-order valence-electron chi connectivity index (χ4n) is 1.32. The minimum atomic E-state index is -4.51. The van der Waals surface area contributed by atoms with E-state index >= 15 is 0 Å². The molecule has 0 atom stereocenters. The number of nitrogens with zero attached hydrogens (tertiary/aromatic N) is 3. The molecule has 0 saturated heterocycles. The Morgan fingerprint density at radius 1 is 1.50 bits per heavy atom. The molecule has 0 bridgehead atoms. The van der Waals surface area contributed by atoms with Crippen molar-refractivity contribution in [2.45, 2.75) is 12.7 Å². The van der Waals surface area contributed by atoms with Crippen LogP contribution in [-0.4, -0.2) is 21.9 Å². The van der Waals surface area contributed by atoms with Crippen molar-refractivity contribution >= 4 is 23.5 Å². The molecule has 0 aliphatic carbocycles. The summed E-state index contributed by atoms with van der Waals surface area (Å²) >= 11 is 1.44. The van der Waals surface area contributed by atoms with Crippen LogP contribution < -0.4 is 5.43 Å². The molecule has 0 aliphatic rings. The van der Waals surface area contributed by atoms with Gasteiger partial charge in [-0.25, -0.2) is 5.43 Å². The highest BCUT2D eigenvalue weighted by Gasteiger charge is 2.33. The Labute approximate surface area is 115 Å². The SMILES string of the molecule is O=C(Cn1ccc(C(F)(F)F)n1)N/N=C\c1cccs1. The van der Waals surface area contributed by atoms with Crippen molar-refractivity contribution in [2.75, 3.05) is 0 Å². The second-order valence-electron chi connectivity index (χ2n) is 3.70. The predicted molar refractivity (Wildman–Crippen MR) is 67.3 cm³/mol. The van der Waals surface area contributed by atoms with Gasteiger partial charge in [-0.15, -0.1) is 11.3 Å². The smallest absolute Gasteiger partial charge is 0.271 e. The van der Waals surface area contributed by atoms with E-state index < -0.39 is 17.8 Å². The number of carbonyl (C=O) groups excluding carboxylic acids is 1. The van der Waals surface area contributed by atoms with Crippen LogP contribution in [0.3, 0.4) is 0 Å². The summed E-state index contributed by atoms with van der Waals surface area (Å²) in [5.74, 6) is -0.561. The number of amides is 1. The van der Waals surface area contributed by atoms with E-state index in [2.05, 4.69) is 15.6 Å². The normalized spacial score (nSPS) is 11.9. The maximum absolute atomic E-state index is 12.3. The highest BCUT2D eigenvalue weighted by molar-refractivity contribution is 7.11. The lowest BCUT2D eigenvalue weighted by Crippen LogP contribution is -2.23. The van der Waals surface area contributed by atoms with Gasteiger partial charge in [0, 0.05) is 11.1 Å². The molecule has 5 nitrogen and oxygen atoms in total. The second kappa shape index (κ2) is 5.87. The van der Waals surface area contributed by atoms with Crippen LogP contribution in [0.1, 0.15) is 10.6 Å². The number of nitrogens with one attached hydrogen (secondary N) is 1. The van der Waals surface area contributed by atoms with E-state index in [1.165, 1.54) is 17.6 Å². The fourth-order valence-corrected chi connectivity index (χ4v) is 1.90. The van der Waals surface area contributed by atoms with Crippen LogP contribution in [0.15, 0.2) is 34.9 Å². The Morgan fingerprint density at radius 2 is 2.30 bits per heavy atom. The topological polar surface area (TPSA) is 59.3 Å². The Morgan fingerprint density at radius 3 is 2.90 bits per heavy atom. The molecule has 2 rings (SSSR count). The third-order valence-corrected chi connectivity index (χ3v) is 2.97. The zero-order valence-electron chi connectivity index (χ0n) is 9.96. The van der Waals surface area contributed by atoms with E-state index in [1.54, 1.807) is 0 Å². The van der Waals surface area contributed by atoms with Crippen molar-refractivity contribution in [3.63, 3.8) is 0 Å². The van der Waals surface area contributed by atoms with E-state index in [9.17, 15) is 18.0 Å². The van der Waals surface area contributed by atoms with Gasteiger partial charge in [0.2, 0.25) is 0 Å². The maximum Gasteiger partial charge on any atom is 0.435 e. The summed E-state index contributed by atoms with van der Waals surface area (Å²) in [7, 11) is 0. The molecule has 1 N–H and O–H groups in total. The van der Waals surface area contributed by atoms with Crippen LogP contribution >= 0.6 is 11.3 Å². The minimum Gasteiger partial charge on any atom is -0.271 e. The van der Waals surface area contributed by atoms with E-state index in [0.29, 0.717) is 0 Å². The van der Waals surface area contributed by atoms with Gasteiger partial charge in [0.15, 0.2) is 5.69 Å². The van der Waals surface area contributed by atoms with Gasteiger partial charge < -0.3 is 0 Å². The molecule has 106 valence electrons. The van der Waals surface area contributed by atoms with Gasteiger partial charge in [0.05, 0.1) is 6.21 Å². The highest BCUT2D eigenvalue weighted by atomic mass is 32.1. The number of hydrogen-bond acceptors (Lipinski definition) is 4. The van der Waals surface area contributed by atoms with Gasteiger partial charge in [0.1, 0.15) is 6.54 Å². The molecule has 0 spiro atoms. The number of hydrogen-bond donors (Lipinski definition) is 1. The lowest BCUT2D eigenvalue weighted by molar-refractivity contribution is -0.141. The van der Waals surface area contributed by atoms with Crippen LogP contribution in [0.2, 0.25) is 0 Å². The van der Waals surface area contributed by atoms with Crippen molar-refractivity contribution in [2.24, 2.45) is 5.10 Å². The number of aromatic nitrogens is 2. The average Bonchev–Trinajstić information content (AvgIpc) is 2.98. The van der Waals surface area contributed by atoms with Gasteiger partial charge >= 0.3 is 6.18 Å². The first kappa shape index (κ1) is 14.3. The summed E-state index contributed by atoms with van der Waals surface area (Å²) < 4.78 is 37.8. The van der Waals surface area contributed by atoms with Crippen LogP contribution in [0.25, 0.3) is 0 Å². The number of hydrazone groups is 1. The molecule has 0 aromatic carbocycles. The number of carbonyl (C=O) groups is 1. The minimum absolute atomic E-state index is 0.335. The third-order valence-electron chi connectivity index (χ3n) is 2.16. The van der Waals surface area contributed by atoms with Gasteiger partial charge in [-0.1, -0.05) is 6.07 Å². The first-order chi connectivity index (χ1) is 9.45. The molecule has 2 aromatic rings. The Kier molecular flexibility index (Phi) is 4.18. The zero-order chi connectivity index (χ0) is 14.6. The quantitative estimate of drug-likeness (QED) is 0.694. The van der Waals surface area contributed by atoms with Crippen LogP contribution in [0.5, 0.6) is 0 Å². The Hall–Kier alpha value is -2.16. The van der Waals surface area contributed by atoms with Gasteiger partial charge in [-0.3, -0.25) is 9.48 Å². The summed E-state index contributed by atoms with van der Waals surface area (Å²) in [4.78, 5) is 12.3. The zero-order valence-corrected chi connectivity index (χ0v) is 10.8. The molecule has 20 heavy (non-hydrogen) atoms. The van der Waals surface area contributed by atoms with Crippen LogP contribution in [0, 0.1) is 0 Å². The van der Waals surface area contributed by atoms with E-state index in [4.69, 9.17) is 0 Å². The summed E-state index contributed by atoms with van der Waals surface area (Å²) in [6, 6.07) is 4.45. The number of thiophene rings is 1. The van der Waals surface area contributed by atoms with Crippen LogP contribution in [0.4, 0.5) is 13.2 Å². The monoisotopic (exact) mass is 302 g/mol. The summed E-state index contributed by atoms with van der Waals surface area (Å²) in [6.45, 7) is -0.335. The Bertz CT molecular complexity index is 603. The molecule has 1 amide bonds. The van der Waals surface area contributed by atoms with E-state index in [-0.39, 0.29) is 6.54 Å². The van der Waals surface area contributed by atoms with E-state index in [0.717, 1.165) is 21.8 Å². The molecule has 0 saturated carbocycles. The number of rotatable bonds is 4. The molecular weight excluding hydrogens is 293 g/mol.